The van der Waals surface area contributed by atoms with E-state index in [1.807, 2.05) is 60.4 Å². The van der Waals surface area contributed by atoms with Gasteiger partial charge < -0.3 is 4.90 Å². The molecule has 0 saturated carbocycles. The van der Waals surface area contributed by atoms with Gasteiger partial charge in [-0.2, -0.15) is 0 Å². The van der Waals surface area contributed by atoms with E-state index in [1.165, 1.54) is 0 Å². The van der Waals surface area contributed by atoms with Crippen LogP contribution in [0.25, 0.3) is 0 Å². The lowest BCUT2D eigenvalue weighted by Gasteiger charge is -2.23. The molecule has 0 aliphatic carbocycles. The highest BCUT2D eigenvalue weighted by atomic mass is 79.9. The normalized spacial score (nSPS) is 10.4. The van der Waals surface area contributed by atoms with E-state index in [1.54, 1.807) is 0 Å². The van der Waals surface area contributed by atoms with Gasteiger partial charge in [0.05, 0.1) is 0 Å². The first-order valence-corrected chi connectivity index (χ1v) is 8.06. The maximum Gasteiger partial charge on any atom is 0.258 e. The number of benzene rings is 2. The summed E-state index contributed by atoms with van der Waals surface area (Å²) in [5, 5.41) is 0. The van der Waals surface area contributed by atoms with Gasteiger partial charge in [-0.05, 0) is 49.2 Å². The maximum atomic E-state index is 12.8. The van der Waals surface area contributed by atoms with E-state index in [0.29, 0.717) is 0 Å². The number of rotatable bonds is 5. The van der Waals surface area contributed by atoms with Crippen molar-refractivity contribution >= 4 is 27.5 Å². The average molecular weight is 346 g/mol. The minimum absolute atomic E-state index is 0.0604. The molecule has 0 saturated heterocycles. The first kappa shape index (κ1) is 15.8. The minimum Gasteiger partial charge on any atom is -0.308 e. The zero-order chi connectivity index (χ0) is 15.2. The Balaban J connectivity index is 2.31. The van der Waals surface area contributed by atoms with Crippen LogP contribution in [0.15, 0.2) is 53.0 Å². The quantitative estimate of drug-likeness (QED) is 0.728. The third-order valence-corrected chi connectivity index (χ3v) is 4.34. The van der Waals surface area contributed by atoms with Crippen LogP contribution in [-0.4, -0.2) is 12.5 Å². The molecule has 3 heteroatoms. The van der Waals surface area contributed by atoms with Crippen LogP contribution in [0.4, 0.5) is 5.69 Å². The van der Waals surface area contributed by atoms with E-state index in [9.17, 15) is 4.79 Å². The SMILES string of the molecule is CCCCN(C(=O)c1ccc(Br)c(C)c1)c1ccccc1. The van der Waals surface area contributed by atoms with Crippen molar-refractivity contribution in [2.24, 2.45) is 0 Å². The molecule has 2 aromatic rings. The first-order chi connectivity index (χ1) is 10.1. The summed E-state index contributed by atoms with van der Waals surface area (Å²) in [7, 11) is 0. The smallest absolute Gasteiger partial charge is 0.258 e. The molecule has 0 fully saturated rings. The summed E-state index contributed by atoms with van der Waals surface area (Å²) < 4.78 is 1.03. The Kier molecular flexibility index (Phi) is 5.57. The number of carbonyl (C=O) groups excluding carboxylic acids is 1. The highest BCUT2D eigenvalue weighted by Crippen LogP contribution is 2.21. The Morgan fingerprint density at radius 2 is 1.86 bits per heavy atom. The van der Waals surface area contributed by atoms with Gasteiger partial charge in [0.15, 0.2) is 0 Å². The first-order valence-electron chi connectivity index (χ1n) is 7.26. The molecule has 2 aromatic carbocycles. The Bertz CT molecular complexity index is 610. The molecule has 110 valence electrons. The molecule has 0 spiro atoms. The molecule has 0 aliphatic heterocycles. The summed E-state index contributed by atoms with van der Waals surface area (Å²) in [6, 6.07) is 15.6. The van der Waals surface area contributed by atoms with Gasteiger partial charge in [0.1, 0.15) is 0 Å². The van der Waals surface area contributed by atoms with Gasteiger partial charge in [0, 0.05) is 22.3 Å². The van der Waals surface area contributed by atoms with Crippen molar-refractivity contribution in [1.29, 1.82) is 0 Å². The van der Waals surface area contributed by atoms with Gasteiger partial charge in [-0.1, -0.05) is 47.5 Å². The summed E-state index contributed by atoms with van der Waals surface area (Å²) >= 11 is 3.48. The maximum absolute atomic E-state index is 12.8. The van der Waals surface area contributed by atoms with Crippen molar-refractivity contribution < 1.29 is 4.79 Å². The van der Waals surface area contributed by atoms with Crippen LogP contribution < -0.4 is 4.90 Å². The van der Waals surface area contributed by atoms with Crippen molar-refractivity contribution in [3.63, 3.8) is 0 Å². The van der Waals surface area contributed by atoms with Gasteiger partial charge in [-0.25, -0.2) is 0 Å². The molecule has 0 aromatic heterocycles. The Labute approximate surface area is 134 Å². The Hall–Kier alpha value is -1.61. The molecular weight excluding hydrogens is 326 g/mol. The van der Waals surface area contributed by atoms with Crippen LogP contribution in [0.1, 0.15) is 35.7 Å². The fraction of sp³-hybridized carbons (Fsp3) is 0.278. The van der Waals surface area contributed by atoms with Crippen LogP contribution in [0.2, 0.25) is 0 Å². The topological polar surface area (TPSA) is 20.3 Å². The second-order valence-electron chi connectivity index (χ2n) is 5.11. The van der Waals surface area contributed by atoms with Crippen LogP contribution in [0.3, 0.4) is 0 Å². The fourth-order valence-corrected chi connectivity index (χ4v) is 2.45. The number of unbranched alkanes of at least 4 members (excludes halogenated alkanes) is 1. The van der Waals surface area contributed by atoms with Crippen LogP contribution in [0, 0.1) is 6.92 Å². The van der Waals surface area contributed by atoms with Gasteiger partial charge in [0.25, 0.3) is 5.91 Å². The number of halogens is 1. The molecular formula is C18H20BrNO. The lowest BCUT2D eigenvalue weighted by Crippen LogP contribution is -2.31. The van der Waals surface area contributed by atoms with E-state index in [-0.39, 0.29) is 5.91 Å². The predicted molar refractivity (Wildman–Crippen MR) is 91.9 cm³/mol. The monoisotopic (exact) mass is 345 g/mol. The molecule has 21 heavy (non-hydrogen) atoms. The van der Waals surface area contributed by atoms with Crippen molar-refractivity contribution in [3.8, 4) is 0 Å². The molecule has 0 unspecified atom stereocenters. The van der Waals surface area contributed by atoms with Crippen LogP contribution >= 0.6 is 15.9 Å². The van der Waals surface area contributed by atoms with Crippen molar-refractivity contribution in [1.82, 2.24) is 0 Å². The average Bonchev–Trinajstić information content (AvgIpc) is 2.51. The highest BCUT2D eigenvalue weighted by Gasteiger charge is 2.17. The molecule has 2 nitrogen and oxygen atoms in total. The molecule has 0 atom stereocenters. The zero-order valence-corrected chi connectivity index (χ0v) is 14.1. The van der Waals surface area contributed by atoms with Gasteiger partial charge in [-0.15, -0.1) is 0 Å². The molecule has 0 N–H and O–H groups in total. The van der Waals surface area contributed by atoms with Crippen LogP contribution in [-0.2, 0) is 0 Å². The van der Waals surface area contributed by atoms with E-state index in [4.69, 9.17) is 0 Å². The molecule has 2 rings (SSSR count). The van der Waals surface area contributed by atoms with E-state index >= 15 is 0 Å². The zero-order valence-electron chi connectivity index (χ0n) is 12.5. The third kappa shape index (κ3) is 3.94. The van der Waals surface area contributed by atoms with E-state index < -0.39 is 0 Å². The minimum atomic E-state index is 0.0604. The predicted octanol–water partition coefficient (Wildman–Crippen LogP) is 5.20. The number of hydrogen-bond acceptors (Lipinski definition) is 1. The van der Waals surface area contributed by atoms with Crippen molar-refractivity contribution in [2.45, 2.75) is 26.7 Å². The number of para-hydroxylation sites is 1. The number of anilines is 1. The molecule has 0 bridgehead atoms. The van der Waals surface area contributed by atoms with Crippen LogP contribution in [0.5, 0.6) is 0 Å². The lowest BCUT2D eigenvalue weighted by molar-refractivity contribution is 0.0986. The Morgan fingerprint density at radius 3 is 2.48 bits per heavy atom. The summed E-state index contributed by atoms with van der Waals surface area (Å²) in [6.45, 7) is 4.88. The standard InChI is InChI=1S/C18H20BrNO/c1-3-4-12-20(16-8-6-5-7-9-16)18(21)15-10-11-17(19)14(2)13-15/h5-11,13H,3-4,12H2,1-2H3. The molecule has 1 amide bonds. The summed E-state index contributed by atoms with van der Waals surface area (Å²) in [4.78, 5) is 14.7. The number of aryl methyl sites for hydroxylation is 1. The van der Waals surface area contributed by atoms with Gasteiger partial charge in [-0.3, -0.25) is 4.79 Å². The highest BCUT2D eigenvalue weighted by molar-refractivity contribution is 9.10. The van der Waals surface area contributed by atoms with E-state index in [2.05, 4.69) is 22.9 Å². The third-order valence-electron chi connectivity index (χ3n) is 3.45. The number of nitrogens with zero attached hydrogens (tertiary/aromatic N) is 1. The largest absolute Gasteiger partial charge is 0.308 e. The number of hydrogen-bond donors (Lipinski definition) is 0. The van der Waals surface area contributed by atoms with E-state index in [0.717, 1.165) is 40.7 Å². The molecule has 0 radical (unpaired) electrons. The summed E-state index contributed by atoms with van der Waals surface area (Å²) in [6.07, 6.45) is 2.06. The Morgan fingerprint density at radius 1 is 1.14 bits per heavy atom. The summed E-state index contributed by atoms with van der Waals surface area (Å²) in [5.41, 5.74) is 2.76. The second-order valence-corrected chi connectivity index (χ2v) is 5.96. The number of amides is 1. The summed E-state index contributed by atoms with van der Waals surface area (Å²) in [5.74, 6) is 0.0604. The van der Waals surface area contributed by atoms with Gasteiger partial charge in [0.2, 0.25) is 0 Å². The van der Waals surface area contributed by atoms with Crippen molar-refractivity contribution in [2.75, 3.05) is 11.4 Å². The number of carbonyl (C=O) groups is 1. The van der Waals surface area contributed by atoms with Crippen molar-refractivity contribution in [3.05, 3.63) is 64.1 Å². The second kappa shape index (κ2) is 7.41. The molecule has 0 heterocycles. The fourth-order valence-electron chi connectivity index (χ4n) is 2.21. The van der Waals surface area contributed by atoms with Gasteiger partial charge >= 0.3 is 0 Å². The molecule has 0 aliphatic rings. The lowest BCUT2D eigenvalue weighted by atomic mass is 10.1.